The normalized spacial score (nSPS) is 14.9. The average Bonchev–Trinajstić information content (AvgIpc) is 3.12. The van der Waals surface area contributed by atoms with Crippen molar-refractivity contribution in [3.05, 3.63) is 72.1 Å². The van der Waals surface area contributed by atoms with Gasteiger partial charge in [0.05, 0.1) is 60.1 Å². The van der Waals surface area contributed by atoms with Crippen molar-refractivity contribution in [2.24, 2.45) is 5.92 Å². The molecular formula is C38H46N4O7. The molecule has 2 aromatic heterocycles. The molecule has 11 nitrogen and oxygen atoms in total. The van der Waals surface area contributed by atoms with Gasteiger partial charge in [-0.1, -0.05) is 13.8 Å². The van der Waals surface area contributed by atoms with Gasteiger partial charge in [0.25, 0.3) is 0 Å². The Labute approximate surface area is 288 Å². The van der Waals surface area contributed by atoms with Crippen LogP contribution in [0.2, 0.25) is 0 Å². The first kappa shape index (κ1) is 35.3. The maximum atomic E-state index is 14.1. The number of hydrogen-bond donors (Lipinski definition) is 0. The van der Waals surface area contributed by atoms with Gasteiger partial charge in [0.1, 0.15) is 0 Å². The summed E-state index contributed by atoms with van der Waals surface area (Å²) in [4.78, 5) is 27.6. The van der Waals surface area contributed by atoms with Crippen LogP contribution in [0.25, 0.3) is 22.5 Å². The Morgan fingerprint density at radius 3 is 1.51 bits per heavy atom. The Bertz CT molecular complexity index is 1710. The molecule has 5 rings (SSSR count). The monoisotopic (exact) mass is 670 g/mol. The van der Waals surface area contributed by atoms with Crippen LogP contribution in [-0.4, -0.2) is 87.5 Å². The van der Waals surface area contributed by atoms with E-state index < -0.39 is 0 Å². The molecule has 0 aliphatic carbocycles. The molecule has 0 radical (unpaired) electrons. The first-order valence-corrected chi connectivity index (χ1v) is 16.3. The third-order valence-electron chi connectivity index (χ3n) is 8.72. The fourth-order valence-electron chi connectivity index (χ4n) is 6.30. The summed E-state index contributed by atoms with van der Waals surface area (Å²) in [5, 5.41) is 0. The van der Waals surface area contributed by atoms with Crippen LogP contribution in [0, 0.1) is 5.92 Å². The summed E-state index contributed by atoms with van der Waals surface area (Å²) in [6, 6.07) is 15.3. The van der Waals surface area contributed by atoms with Gasteiger partial charge >= 0.3 is 0 Å². The second kappa shape index (κ2) is 15.9. The lowest BCUT2D eigenvalue weighted by Gasteiger charge is -2.41. The van der Waals surface area contributed by atoms with Crippen LogP contribution < -0.4 is 28.4 Å². The molecule has 0 saturated carbocycles. The average molecular weight is 671 g/mol. The topological polar surface area (TPSA) is 105 Å². The summed E-state index contributed by atoms with van der Waals surface area (Å²) in [5.74, 6) is 3.75. The van der Waals surface area contributed by atoms with Crippen LogP contribution in [0.4, 0.5) is 0 Å². The number of aromatic nitrogens is 2. The van der Waals surface area contributed by atoms with Crippen molar-refractivity contribution < 1.29 is 33.2 Å². The number of carbonyl (C=O) groups excluding carboxylic acids is 1. The predicted molar refractivity (Wildman–Crippen MR) is 188 cm³/mol. The zero-order valence-corrected chi connectivity index (χ0v) is 29.6. The first-order chi connectivity index (χ1) is 23.7. The number of piperazine rings is 1. The minimum atomic E-state index is -0.247. The number of ether oxygens (including phenoxy) is 6. The SMILES string of the molecule is COc1cc(-c2cc(CN3CCN(Cc4ccnc(-c5cc(OC)c(OC)c(OC)c5)c4)[C@@H](CC(C)C)C3=O)ccn2)cc(OC)c1OC. The van der Waals surface area contributed by atoms with Crippen molar-refractivity contribution in [3.8, 4) is 57.0 Å². The predicted octanol–water partition coefficient (Wildman–Crippen LogP) is 6.12. The fourth-order valence-corrected chi connectivity index (χ4v) is 6.30. The van der Waals surface area contributed by atoms with E-state index in [1.54, 1.807) is 55.1 Å². The van der Waals surface area contributed by atoms with Gasteiger partial charge < -0.3 is 33.3 Å². The summed E-state index contributed by atoms with van der Waals surface area (Å²) in [6.45, 7) is 6.78. The highest BCUT2D eigenvalue weighted by molar-refractivity contribution is 5.83. The van der Waals surface area contributed by atoms with E-state index >= 15 is 0 Å². The van der Waals surface area contributed by atoms with E-state index in [1.165, 1.54) is 0 Å². The Morgan fingerprint density at radius 1 is 0.653 bits per heavy atom. The van der Waals surface area contributed by atoms with Crippen LogP contribution in [0.3, 0.4) is 0 Å². The van der Waals surface area contributed by atoms with Gasteiger partial charge in [-0.2, -0.15) is 0 Å². The van der Waals surface area contributed by atoms with Gasteiger partial charge in [0, 0.05) is 49.7 Å². The molecule has 1 saturated heterocycles. The van der Waals surface area contributed by atoms with Crippen molar-refractivity contribution in [2.45, 2.75) is 39.4 Å². The Kier molecular flexibility index (Phi) is 11.5. The highest BCUT2D eigenvalue weighted by Crippen LogP contribution is 2.42. The Hall–Kier alpha value is -5.03. The Morgan fingerprint density at radius 2 is 1.10 bits per heavy atom. The molecule has 0 unspecified atom stereocenters. The molecule has 1 atom stereocenters. The molecule has 1 fully saturated rings. The maximum Gasteiger partial charge on any atom is 0.240 e. The summed E-state index contributed by atoms with van der Waals surface area (Å²) in [7, 11) is 9.54. The lowest BCUT2D eigenvalue weighted by Crippen LogP contribution is -2.56. The minimum Gasteiger partial charge on any atom is -0.493 e. The molecule has 1 aliphatic rings. The third kappa shape index (κ3) is 7.83. The smallest absolute Gasteiger partial charge is 0.240 e. The molecule has 4 aromatic rings. The highest BCUT2D eigenvalue weighted by atomic mass is 16.5. The summed E-state index contributed by atoms with van der Waals surface area (Å²) in [6.07, 6.45) is 4.33. The van der Waals surface area contributed by atoms with Crippen LogP contribution in [0.1, 0.15) is 31.4 Å². The van der Waals surface area contributed by atoms with E-state index in [1.807, 2.05) is 47.4 Å². The standard InChI is InChI=1S/C38H46N4O7/c1-24(2)15-31-38(43)42(23-26-10-12-40-30(17-26)28-20-34(46-5)37(49-8)35(21-28)47-6)14-13-41(31)22-25-9-11-39-29(16-25)27-18-32(44-3)36(48-7)33(19-27)45-4/h9-12,16-21,24,31H,13-15,22-23H2,1-8H3/t31-/m0/s1. The molecule has 260 valence electrons. The number of hydrogen-bond acceptors (Lipinski definition) is 10. The van der Waals surface area contributed by atoms with Crippen molar-refractivity contribution in [1.82, 2.24) is 19.8 Å². The molecule has 2 aromatic carbocycles. The van der Waals surface area contributed by atoms with Crippen LogP contribution in [0.5, 0.6) is 34.5 Å². The van der Waals surface area contributed by atoms with Crippen molar-refractivity contribution in [2.75, 3.05) is 55.7 Å². The van der Waals surface area contributed by atoms with Gasteiger partial charge in [0.2, 0.25) is 17.4 Å². The number of benzene rings is 2. The number of carbonyl (C=O) groups is 1. The third-order valence-corrected chi connectivity index (χ3v) is 8.72. The molecule has 49 heavy (non-hydrogen) atoms. The molecular weight excluding hydrogens is 624 g/mol. The lowest BCUT2D eigenvalue weighted by molar-refractivity contribution is -0.143. The number of pyridine rings is 2. The molecule has 1 aliphatic heterocycles. The van der Waals surface area contributed by atoms with Crippen LogP contribution in [-0.2, 0) is 17.9 Å². The Balaban J connectivity index is 1.35. The van der Waals surface area contributed by atoms with Gasteiger partial charge in [-0.3, -0.25) is 19.7 Å². The molecule has 3 heterocycles. The number of nitrogens with zero attached hydrogens (tertiary/aromatic N) is 4. The second-order valence-corrected chi connectivity index (χ2v) is 12.3. The van der Waals surface area contributed by atoms with E-state index in [-0.39, 0.29) is 11.9 Å². The largest absolute Gasteiger partial charge is 0.493 e. The number of amides is 1. The van der Waals surface area contributed by atoms with Gasteiger partial charge in [0.15, 0.2) is 23.0 Å². The van der Waals surface area contributed by atoms with Crippen molar-refractivity contribution in [1.29, 1.82) is 0 Å². The lowest BCUT2D eigenvalue weighted by atomic mass is 9.97. The molecule has 0 spiro atoms. The highest BCUT2D eigenvalue weighted by Gasteiger charge is 2.35. The van der Waals surface area contributed by atoms with E-state index in [0.717, 1.165) is 46.6 Å². The molecule has 1 amide bonds. The minimum absolute atomic E-state index is 0.130. The van der Waals surface area contributed by atoms with Gasteiger partial charge in [-0.15, -0.1) is 0 Å². The summed E-state index contributed by atoms with van der Waals surface area (Å²) >= 11 is 0. The number of methoxy groups -OCH3 is 6. The number of rotatable bonds is 14. The van der Waals surface area contributed by atoms with Crippen molar-refractivity contribution in [3.63, 3.8) is 0 Å². The fraction of sp³-hybridized carbons (Fsp3) is 0.395. The summed E-state index contributed by atoms with van der Waals surface area (Å²) < 4.78 is 33.2. The first-order valence-electron chi connectivity index (χ1n) is 16.3. The molecule has 11 heteroatoms. The zero-order valence-electron chi connectivity index (χ0n) is 29.6. The van der Waals surface area contributed by atoms with Crippen LogP contribution >= 0.6 is 0 Å². The van der Waals surface area contributed by atoms with E-state index in [2.05, 4.69) is 34.8 Å². The maximum absolute atomic E-state index is 14.1. The quantitative estimate of drug-likeness (QED) is 0.156. The van der Waals surface area contributed by atoms with Gasteiger partial charge in [-0.05, 0) is 72.0 Å². The van der Waals surface area contributed by atoms with Crippen LogP contribution in [0.15, 0.2) is 60.9 Å². The second-order valence-electron chi connectivity index (χ2n) is 12.3. The van der Waals surface area contributed by atoms with Gasteiger partial charge in [-0.25, -0.2) is 0 Å². The summed E-state index contributed by atoms with van der Waals surface area (Å²) in [5.41, 5.74) is 5.27. The van der Waals surface area contributed by atoms with E-state index in [0.29, 0.717) is 60.0 Å². The molecule has 0 N–H and O–H groups in total. The molecule has 0 bridgehead atoms. The zero-order chi connectivity index (χ0) is 35.1. The van der Waals surface area contributed by atoms with E-state index in [4.69, 9.17) is 28.4 Å². The van der Waals surface area contributed by atoms with E-state index in [9.17, 15) is 4.79 Å². The van der Waals surface area contributed by atoms with Crippen molar-refractivity contribution >= 4 is 5.91 Å².